The Labute approximate surface area is 103 Å². The van der Waals surface area contributed by atoms with Crippen molar-refractivity contribution in [3.8, 4) is 0 Å². The molecular formula is C13H24N2O2. The van der Waals surface area contributed by atoms with E-state index in [1.165, 1.54) is 0 Å². The third-order valence-electron chi connectivity index (χ3n) is 3.13. The van der Waals surface area contributed by atoms with Gasteiger partial charge < -0.3 is 14.8 Å². The Bertz CT molecular complexity index is 307. The quantitative estimate of drug-likeness (QED) is 0.764. The molecule has 2 atom stereocenters. The Hall–Kier alpha value is -0.870. The maximum atomic E-state index is 10.2. The zero-order valence-electron chi connectivity index (χ0n) is 11.0. The van der Waals surface area contributed by atoms with Crippen LogP contribution in [0.15, 0.2) is 18.7 Å². The zero-order chi connectivity index (χ0) is 12.9. The van der Waals surface area contributed by atoms with Crippen LogP contribution in [-0.4, -0.2) is 31.5 Å². The molecule has 0 aliphatic rings. The molecule has 0 bridgehead atoms. The average Bonchev–Trinajstić information content (AvgIpc) is 2.69. The van der Waals surface area contributed by atoms with Crippen LogP contribution in [0.25, 0.3) is 0 Å². The summed E-state index contributed by atoms with van der Waals surface area (Å²) in [6, 6.07) is 0. The Balaban J connectivity index is 2.40. The standard InChI is InChI=1S/C13H24N2O2/c1-11(2)5-4-6-13(3,17)12(16)9-15-8-7-14-10-15/h7-8,10-12,16-17H,4-6,9H2,1-3H3. The summed E-state index contributed by atoms with van der Waals surface area (Å²) in [6.45, 7) is 6.41. The fourth-order valence-electron chi connectivity index (χ4n) is 1.83. The highest BCUT2D eigenvalue weighted by Gasteiger charge is 2.29. The van der Waals surface area contributed by atoms with Gasteiger partial charge in [-0.3, -0.25) is 0 Å². The summed E-state index contributed by atoms with van der Waals surface area (Å²) in [5.74, 6) is 0.636. The lowest BCUT2D eigenvalue weighted by Gasteiger charge is -2.29. The third-order valence-corrected chi connectivity index (χ3v) is 3.13. The number of aromatic nitrogens is 2. The minimum Gasteiger partial charge on any atom is -0.388 e. The molecule has 0 radical (unpaired) electrons. The normalized spacial score (nSPS) is 17.1. The second-order valence-electron chi connectivity index (χ2n) is 5.42. The Kier molecular flexibility index (Phi) is 5.15. The number of rotatable bonds is 7. The van der Waals surface area contributed by atoms with Crippen molar-refractivity contribution < 1.29 is 10.2 Å². The molecule has 2 unspecified atom stereocenters. The number of hydrogen-bond donors (Lipinski definition) is 2. The van der Waals surface area contributed by atoms with Crippen molar-refractivity contribution in [2.75, 3.05) is 0 Å². The van der Waals surface area contributed by atoms with Gasteiger partial charge in [0, 0.05) is 12.4 Å². The maximum Gasteiger partial charge on any atom is 0.100 e. The van der Waals surface area contributed by atoms with Crippen molar-refractivity contribution in [1.82, 2.24) is 9.55 Å². The Morgan fingerprint density at radius 3 is 2.65 bits per heavy atom. The molecule has 0 amide bonds. The fraction of sp³-hybridized carbons (Fsp3) is 0.769. The van der Waals surface area contributed by atoms with Crippen molar-refractivity contribution in [2.45, 2.75) is 58.3 Å². The van der Waals surface area contributed by atoms with Crippen LogP contribution < -0.4 is 0 Å². The molecule has 1 rings (SSSR count). The van der Waals surface area contributed by atoms with Gasteiger partial charge in [-0.05, 0) is 19.3 Å². The van der Waals surface area contributed by atoms with Gasteiger partial charge in [-0.1, -0.05) is 26.7 Å². The topological polar surface area (TPSA) is 58.3 Å². The summed E-state index contributed by atoms with van der Waals surface area (Å²) in [6.07, 6.45) is 6.98. The van der Waals surface area contributed by atoms with Crippen molar-refractivity contribution in [1.29, 1.82) is 0 Å². The highest BCUT2D eigenvalue weighted by Crippen LogP contribution is 2.21. The first-order chi connectivity index (χ1) is 7.92. The first-order valence-electron chi connectivity index (χ1n) is 6.28. The van der Waals surface area contributed by atoms with Crippen LogP contribution in [-0.2, 0) is 6.54 Å². The lowest BCUT2D eigenvalue weighted by molar-refractivity contribution is -0.0751. The van der Waals surface area contributed by atoms with Gasteiger partial charge in [0.15, 0.2) is 0 Å². The highest BCUT2D eigenvalue weighted by molar-refractivity contribution is 4.84. The van der Waals surface area contributed by atoms with Gasteiger partial charge in [0.25, 0.3) is 0 Å². The molecule has 1 heterocycles. The van der Waals surface area contributed by atoms with Crippen LogP contribution >= 0.6 is 0 Å². The number of hydrogen-bond acceptors (Lipinski definition) is 3. The van der Waals surface area contributed by atoms with E-state index in [2.05, 4.69) is 18.8 Å². The van der Waals surface area contributed by atoms with E-state index in [4.69, 9.17) is 0 Å². The molecule has 17 heavy (non-hydrogen) atoms. The third kappa shape index (κ3) is 4.88. The van der Waals surface area contributed by atoms with Gasteiger partial charge in [0.2, 0.25) is 0 Å². The lowest BCUT2D eigenvalue weighted by atomic mass is 9.91. The van der Waals surface area contributed by atoms with Crippen molar-refractivity contribution in [3.63, 3.8) is 0 Å². The SMILES string of the molecule is CC(C)CCCC(C)(O)C(O)Cn1ccnc1. The Morgan fingerprint density at radius 1 is 1.41 bits per heavy atom. The van der Waals surface area contributed by atoms with Crippen molar-refractivity contribution >= 4 is 0 Å². The largest absolute Gasteiger partial charge is 0.388 e. The number of aliphatic hydroxyl groups excluding tert-OH is 1. The van der Waals surface area contributed by atoms with Gasteiger partial charge in [-0.2, -0.15) is 0 Å². The van der Waals surface area contributed by atoms with E-state index in [0.29, 0.717) is 18.9 Å². The summed E-state index contributed by atoms with van der Waals surface area (Å²) < 4.78 is 1.78. The molecule has 4 heteroatoms. The average molecular weight is 240 g/mol. The smallest absolute Gasteiger partial charge is 0.100 e. The van der Waals surface area contributed by atoms with Gasteiger partial charge in [-0.15, -0.1) is 0 Å². The molecule has 98 valence electrons. The van der Waals surface area contributed by atoms with Crippen LogP contribution in [0.1, 0.15) is 40.0 Å². The molecular weight excluding hydrogens is 216 g/mol. The van der Waals surface area contributed by atoms with Gasteiger partial charge >= 0.3 is 0 Å². The summed E-state index contributed by atoms with van der Waals surface area (Å²) in [5.41, 5.74) is -1.03. The summed E-state index contributed by atoms with van der Waals surface area (Å²) in [5, 5.41) is 20.2. The van der Waals surface area contributed by atoms with Crippen LogP contribution in [0, 0.1) is 5.92 Å². The minimum atomic E-state index is -1.03. The predicted molar refractivity (Wildman–Crippen MR) is 67.5 cm³/mol. The summed E-state index contributed by atoms with van der Waals surface area (Å²) in [4.78, 5) is 3.91. The molecule has 4 nitrogen and oxygen atoms in total. The first-order valence-corrected chi connectivity index (χ1v) is 6.28. The van der Waals surface area contributed by atoms with E-state index in [0.717, 1.165) is 12.8 Å². The van der Waals surface area contributed by atoms with Crippen LogP contribution in [0.5, 0.6) is 0 Å². The summed E-state index contributed by atoms with van der Waals surface area (Å²) in [7, 11) is 0. The molecule has 1 aromatic rings. The number of imidazole rings is 1. The van der Waals surface area contributed by atoms with E-state index in [9.17, 15) is 10.2 Å². The molecule has 0 saturated heterocycles. The molecule has 0 fully saturated rings. The molecule has 0 aliphatic heterocycles. The van der Waals surface area contributed by atoms with Crippen LogP contribution in [0.2, 0.25) is 0 Å². The first kappa shape index (κ1) is 14.2. The van der Waals surface area contributed by atoms with Gasteiger partial charge in [0.1, 0.15) is 6.10 Å². The van der Waals surface area contributed by atoms with E-state index in [-0.39, 0.29) is 0 Å². The Morgan fingerprint density at radius 2 is 2.12 bits per heavy atom. The second kappa shape index (κ2) is 6.17. The van der Waals surface area contributed by atoms with E-state index in [1.54, 1.807) is 30.2 Å². The van der Waals surface area contributed by atoms with Crippen molar-refractivity contribution in [3.05, 3.63) is 18.7 Å². The molecule has 0 aliphatic carbocycles. The van der Waals surface area contributed by atoms with Crippen molar-refractivity contribution in [2.24, 2.45) is 5.92 Å². The zero-order valence-corrected chi connectivity index (χ0v) is 11.0. The highest BCUT2D eigenvalue weighted by atomic mass is 16.3. The number of aliphatic hydroxyl groups is 2. The van der Waals surface area contributed by atoms with Crippen LogP contribution in [0.3, 0.4) is 0 Å². The maximum absolute atomic E-state index is 10.2. The van der Waals surface area contributed by atoms with E-state index in [1.807, 2.05) is 0 Å². The van der Waals surface area contributed by atoms with E-state index < -0.39 is 11.7 Å². The number of nitrogens with zero attached hydrogens (tertiary/aromatic N) is 2. The molecule has 0 spiro atoms. The molecule has 2 N–H and O–H groups in total. The summed E-state index contributed by atoms with van der Waals surface area (Å²) >= 11 is 0. The van der Waals surface area contributed by atoms with Gasteiger partial charge in [-0.25, -0.2) is 4.98 Å². The van der Waals surface area contributed by atoms with Crippen LogP contribution in [0.4, 0.5) is 0 Å². The molecule has 1 aromatic heterocycles. The monoisotopic (exact) mass is 240 g/mol. The molecule has 0 saturated carbocycles. The lowest BCUT2D eigenvalue weighted by Crippen LogP contribution is -2.41. The van der Waals surface area contributed by atoms with Gasteiger partial charge in [0.05, 0.1) is 18.5 Å². The predicted octanol–water partition coefficient (Wildman–Crippen LogP) is 1.82. The fourth-order valence-corrected chi connectivity index (χ4v) is 1.83. The second-order valence-corrected chi connectivity index (χ2v) is 5.42. The van der Waals surface area contributed by atoms with E-state index >= 15 is 0 Å². The minimum absolute atomic E-state index is 0.384. The molecule has 0 aromatic carbocycles.